The maximum atomic E-state index is 10.8. The first-order valence-corrected chi connectivity index (χ1v) is 12.0. The van der Waals surface area contributed by atoms with E-state index in [9.17, 15) is 22.0 Å². The van der Waals surface area contributed by atoms with Crippen LogP contribution in [0.4, 0.5) is 22.0 Å². The van der Waals surface area contributed by atoms with Gasteiger partial charge in [0, 0.05) is 0 Å². The molecule has 12 heavy (non-hydrogen) atoms. The number of hydrogen-bond donors (Lipinski definition) is 0. The average molecular weight is 362 g/mol. The first-order valence-electron chi connectivity index (χ1n) is 2.27. The molecule has 0 N–H and O–H groups in total. The molecule has 0 bridgehead atoms. The fraction of sp³-hybridized carbons (Fsp3) is 1.00. The van der Waals surface area contributed by atoms with Crippen molar-refractivity contribution in [1.29, 1.82) is 0 Å². The molecule has 0 aromatic heterocycles. The van der Waals surface area contributed by atoms with E-state index in [0.29, 0.717) is 0 Å². The van der Waals surface area contributed by atoms with Crippen LogP contribution >= 0.6 is 26.5 Å². The second-order valence-corrected chi connectivity index (χ2v) is 12.8. The van der Waals surface area contributed by atoms with Crippen LogP contribution in [-0.4, -0.2) is 29.4 Å². The van der Waals surface area contributed by atoms with Gasteiger partial charge in [-0.25, -0.2) is 8.78 Å². The van der Waals surface area contributed by atoms with E-state index in [1.807, 2.05) is 0 Å². The van der Waals surface area contributed by atoms with Crippen molar-refractivity contribution in [2.45, 2.75) is 19.0 Å². The second kappa shape index (κ2) is 7.72. The summed E-state index contributed by atoms with van der Waals surface area (Å²) in [7, 11) is 15.0. The van der Waals surface area contributed by atoms with E-state index >= 15 is 0 Å². The molecule has 0 saturated heterocycles. The van der Waals surface area contributed by atoms with Crippen LogP contribution in [0.1, 0.15) is 6.42 Å². The molecular weight excluding hydrogens is 359 g/mol. The van der Waals surface area contributed by atoms with Crippen LogP contribution in [0.5, 0.6) is 0 Å². The van der Waals surface area contributed by atoms with Gasteiger partial charge >= 0.3 is 49.4 Å². The predicted octanol–water partition coefficient (Wildman–Crippen LogP) is 3.89. The van der Waals surface area contributed by atoms with Gasteiger partial charge in [-0.2, -0.15) is 13.2 Å². The SMILES string of the molecule is FC(F)CC(F)(F)F.[Cl][Sb]([Cl])[Cl]. The zero-order valence-corrected chi connectivity index (χ0v) is 10.1. The first-order chi connectivity index (χ1) is 5.15. The third-order valence-electron chi connectivity index (χ3n) is 0.386. The van der Waals surface area contributed by atoms with Gasteiger partial charge in [-0.3, -0.25) is 0 Å². The average Bonchev–Trinajstić information content (AvgIpc) is 1.52. The Morgan fingerprint density at radius 1 is 1.08 bits per heavy atom. The molecule has 0 aliphatic heterocycles. The summed E-state index contributed by atoms with van der Waals surface area (Å²) in [6.45, 7) is 0. The van der Waals surface area contributed by atoms with Crippen molar-refractivity contribution in [3.05, 3.63) is 0 Å². The Hall–Kier alpha value is 1.34. The summed E-state index contributed by atoms with van der Waals surface area (Å²) in [4.78, 5) is 0. The predicted molar refractivity (Wildman–Crippen MR) is 40.0 cm³/mol. The van der Waals surface area contributed by atoms with Gasteiger partial charge in [-0.05, 0) is 0 Å². The quantitative estimate of drug-likeness (QED) is 0.491. The van der Waals surface area contributed by atoms with Crippen molar-refractivity contribution in [3.63, 3.8) is 0 Å². The van der Waals surface area contributed by atoms with Crippen LogP contribution in [0.3, 0.4) is 0 Å². The molecule has 0 saturated carbocycles. The molecule has 0 radical (unpaired) electrons. The molecule has 0 nitrogen and oxygen atoms in total. The molecule has 0 unspecified atom stereocenters. The fourth-order valence-electron chi connectivity index (χ4n) is 0.175. The van der Waals surface area contributed by atoms with E-state index in [1.165, 1.54) is 0 Å². The van der Waals surface area contributed by atoms with Gasteiger partial charge < -0.3 is 0 Å². The zero-order chi connectivity index (χ0) is 10.4. The van der Waals surface area contributed by atoms with Gasteiger partial charge in [0.2, 0.25) is 6.43 Å². The first kappa shape index (κ1) is 15.8. The Kier molecular flexibility index (Phi) is 10.2. The van der Waals surface area contributed by atoms with Crippen molar-refractivity contribution in [3.8, 4) is 0 Å². The van der Waals surface area contributed by atoms with E-state index in [0.717, 1.165) is 0 Å². The number of halogens is 8. The van der Waals surface area contributed by atoms with Gasteiger partial charge in [-0.1, -0.05) is 0 Å². The molecule has 0 fully saturated rings. The van der Waals surface area contributed by atoms with E-state index in [1.54, 1.807) is 0 Å². The molecule has 0 aliphatic rings. The fourth-order valence-corrected chi connectivity index (χ4v) is 0.175. The van der Waals surface area contributed by atoms with Gasteiger partial charge in [0.25, 0.3) is 0 Å². The Bertz CT molecular complexity index is 102. The van der Waals surface area contributed by atoms with Crippen molar-refractivity contribution in [1.82, 2.24) is 0 Å². The second-order valence-electron chi connectivity index (χ2n) is 1.40. The van der Waals surface area contributed by atoms with Gasteiger partial charge in [0.15, 0.2) is 0 Å². The van der Waals surface area contributed by atoms with Crippen molar-refractivity contribution >= 4 is 43.3 Å². The van der Waals surface area contributed by atoms with E-state index in [4.69, 9.17) is 26.5 Å². The molecule has 0 aromatic rings. The molecule has 0 heterocycles. The minimum atomic E-state index is -4.73. The summed E-state index contributed by atoms with van der Waals surface area (Å²) >= 11 is -2.03. The topological polar surface area (TPSA) is 0 Å². The van der Waals surface area contributed by atoms with Crippen LogP contribution in [-0.2, 0) is 0 Å². The van der Waals surface area contributed by atoms with Crippen molar-refractivity contribution in [2.24, 2.45) is 0 Å². The van der Waals surface area contributed by atoms with E-state index < -0.39 is 35.8 Å². The summed E-state index contributed by atoms with van der Waals surface area (Å²) in [6, 6.07) is 0. The molecule has 0 spiro atoms. The molecule has 0 amide bonds. The Morgan fingerprint density at radius 3 is 1.33 bits per heavy atom. The number of alkyl halides is 5. The van der Waals surface area contributed by atoms with Crippen molar-refractivity contribution in [2.75, 3.05) is 0 Å². The Morgan fingerprint density at radius 2 is 1.33 bits per heavy atom. The van der Waals surface area contributed by atoms with Crippen LogP contribution in [0.15, 0.2) is 0 Å². The number of hydrogen-bond acceptors (Lipinski definition) is 0. The Labute approximate surface area is 83.9 Å². The standard InChI is InChI=1S/C3H3F5.3ClH.Sb/c4-2(5)1-3(6,7)8;;;;/h2H,1H2;3*1H;/q;;;;+3/p-3. The minimum absolute atomic E-state index is 2.01. The van der Waals surface area contributed by atoms with Crippen LogP contribution in [0.2, 0.25) is 0 Å². The molecule has 76 valence electrons. The molecule has 0 aliphatic carbocycles. The van der Waals surface area contributed by atoms with Crippen LogP contribution in [0, 0.1) is 0 Å². The van der Waals surface area contributed by atoms with Crippen LogP contribution < -0.4 is 0 Å². The normalized spacial score (nSPS) is 11.5. The Balaban J connectivity index is 0. The summed E-state index contributed by atoms with van der Waals surface area (Å²) in [5.74, 6) is 0. The monoisotopic (exact) mass is 360 g/mol. The molecular formula is C3H3Cl3F5Sb. The van der Waals surface area contributed by atoms with E-state index in [2.05, 4.69) is 0 Å². The van der Waals surface area contributed by atoms with Crippen LogP contribution in [0.25, 0.3) is 0 Å². The van der Waals surface area contributed by atoms with Gasteiger partial charge in [0.05, 0.1) is 0 Å². The summed E-state index contributed by atoms with van der Waals surface area (Å²) in [5.41, 5.74) is 0. The van der Waals surface area contributed by atoms with Crippen molar-refractivity contribution < 1.29 is 22.0 Å². The van der Waals surface area contributed by atoms with Gasteiger partial charge in [-0.15, -0.1) is 0 Å². The summed E-state index contributed by atoms with van der Waals surface area (Å²) in [6.07, 6.45) is -10.0. The molecule has 9 heteroatoms. The zero-order valence-electron chi connectivity index (χ0n) is 5.26. The molecule has 0 atom stereocenters. The third-order valence-corrected chi connectivity index (χ3v) is 0.386. The van der Waals surface area contributed by atoms with E-state index in [-0.39, 0.29) is 0 Å². The summed E-state index contributed by atoms with van der Waals surface area (Å²) < 4.78 is 54.1. The maximum absolute atomic E-state index is 10.8. The molecule has 0 rings (SSSR count). The third kappa shape index (κ3) is 30.2. The molecule has 0 aromatic carbocycles. The van der Waals surface area contributed by atoms with Gasteiger partial charge in [0.1, 0.15) is 6.42 Å². The number of rotatable bonds is 1. The summed E-state index contributed by atoms with van der Waals surface area (Å²) in [5, 5.41) is 0.